The molecular weight excluding hydrogens is 262 g/mol. The molecule has 3 N–H and O–H groups in total. The molecule has 0 spiro atoms. The fourth-order valence-electron chi connectivity index (χ4n) is 1.76. The van der Waals surface area contributed by atoms with Crippen LogP contribution in [0.1, 0.15) is 22.3 Å². The van der Waals surface area contributed by atoms with Crippen molar-refractivity contribution in [1.29, 1.82) is 0 Å². The monoisotopic (exact) mass is 277 g/mol. The molecule has 2 rings (SSSR count). The van der Waals surface area contributed by atoms with Crippen LogP contribution < -0.4 is 10.6 Å². The molecule has 6 heteroatoms. The molecule has 2 heterocycles. The van der Waals surface area contributed by atoms with E-state index in [4.69, 9.17) is 10.8 Å². The van der Waals surface area contributed by atoms with Gasteiger partial charge in [0.2, 0.25) is 0 Å². The van der Waals surface area contributed by atoms with Gasteiger partial charge < -0.3 is 15.7 Å². The SMILES string of the molecule is CCN(Cc1cccs1)c1nc(C(=O)O)ccc1N. The molecule has 19 heavy (non-hydrogen) atoms. The molecule has 2 aromatic rings. The van der Waals surface area contributed by atoms with Gasteiger partial charge in [0, 0.05) is 11.4 Å². The molecule has 0 atom stereocenters. The maximum Gasteiger partial charge on any atom is 0.354 e. The summed E-state index contributed by atoms with van der Waals surface area (Å²) in [7, 11) is 0. The van der Waals surface area contributed by atoms with Crippen LogP contribution >= 0.6 is 11.3 Å². The Morgan fingerprint density at radius 1 is 1.47 bits per heavy atom. The Balaban J connectivity index is 2.31. The molecule has 0 radical (unpaired) electrons. The number of carboxylic acid groups (broad SMARTS) is 1. The van der Waals surface area contributed by atoms with Crippen molar-refractivity contribution in [1.82, 2.24) is 4.98 Å². The van der Waals surface area contributed by atoms with Gasteiger partial charge >= 0.3 is 5.97 Å². The average molecular weight is 277 g/mol. The fourth-order valence-corrected chi connectivity index (χ4v) is 2.48. The van der Waals surface area contributed by atoms with Crippen LogP contribution in [0.4, 0.5) is 11.5 Å². The second-order valence-corrected chi connectivity index (χ2v) is 5.04. The quantitative estimate of drug-likeness (QED) is 0.877. The molecule has 0 amide bonds. The first kappa shape index (κ1) is 13.4. The lowest BCUT2D eigenvalue weighted by Crippen LogP contribution is -2.24. The lowest BCUT2D eigenvalue weighted by atomic mass is 10.3. The number of carboxylic acids is 1. The molecule has 100 valence electrons. The van der Waals surface area contributed by atoms with Gasteiger partial charge in [-0.15, -0.1) is 11.3 Å². The molecule has 0 aliphatic rings. The standard InChI is InChI=1S/C13H15N3O2S/c1-2-16(8-9-4-3-7-19-9)12-10(14)5-6-11(15-12)13(17)18/h3-7H,2,8,14H2,1H3,(H,17,18). The zero-order chi connectivity index (χ0) is 13.8. The van der Waals surface area contributed by atoms with E-state index in [2.05, 4.69) is 4.98 Å². The molecule has 0 saturated heterocycles. The van der Waals surface area contributed by atoms with Gasteiger partial charge in [-0.05, 0) is 30.5 Å². The van der Waals surface area contributed by atoms with Gasteiger partial charge in [0.25, 0.3) is 0 Å². The second-order valence-electron chi connectivity index (χ2n) is 4.01. The number of nitrogen functional groups attached to an aromatic ring is 1. The smallest absolute Gasteiger partial charge is 0.354 e. The summed E-state index contributed by atoms with van der Waals surface area (Å²) in [5.74, 6) is -0.524. The summed E-state index contributed by atoms with van der Waals surface area (Å²) in [4.78, 5) is 18.3. The van der Waals surface area contributed by atoms with Crippen LogP contribution in [-0.2, 0) is 6.54 Å². The van der Waals surface area contributed by atoms with Crippen molar-refractivity contribution in [2.24, 2.45) is 0 Å². The Kier molecular flexibility index (Phi) is 4.01. The predicted molar refractivity (Wildman–Crippen MR) is 76.7 cm³/mol. The van der Waals surface area contributed by atoms with Crippen molar-refractivity contribution in [3.63, 3.8) is 0 Å². The van der Waals surface area contributed by atoms with Gasteiger partial charge in [0.15, 0.2) is 11.5 Å². The lowest BCUT2D eigenvalue weighted by molar-refractivity contribution is 0.0690. The Labute approximate surface area is 115 Å². The molecule has 0 bridgehead atoms. The number of nitrogens with two attached hydrogens (primary N) is 1. The van der Waals surface area contributed by atoms with E-state index >= 15 is 0 Å². The van der Waals surface area contributed by atoms with Crippen LogP contribution in [0, 0.1) is 0 Å². The van der Waals surface area contributed by atoms with Crippen molar-refractivity contribution in [3.8, 4) is 0 Å². The van der Waals surface area contributed by atoms with Crippen molar-refractivity contribution < 1.29 is 9.90 Å². The number of nitrogens with zero attached hydrogens (tertiary/aromatic N) is 2. The molecule has 0 saturated carbocycles. The maximum absolute atomic E-state index is 11.0. The van der Waals surface area contributed by atoms with E-state index in [1.807, 2.05) is 29.3 Å². The van der Waals surface area contributed by atoms with Crippen molar-refractivity contribution >= 4 is 28.8 Å². The molecule has 5 nitrogen and oxygen atoms in total. The van der Waals surface area contributed by atoms with Crippen LogP contribution in [0.5, 0.6) is 0 Å². The molecule has 0 aliphatic carbocycles. The summed E-state index contributed by atoms with van der Waals surface area (Å²) in [5, 5.41) is 11.0. The number of rotatable bonds is 5. The zero-order valence-electron chi connectivity index (χ0n) is 10.5. The van der Waals surface area contributed by atoms with Gasteiger partial charge in [-0.2, -0.15) is 0 Å². The largest absolute Gasteiger partial charge is 0.477 e. The average Bonchev–Trinajstić information content (AvgIpc) is 2.89. The Bertz CT molecular complexity index is 569. The number of thiophene rings is 1. The van der Waals surface area contributed by atoms with Crippen LogP contribution in [0.2, 0.25) is 0 Å². The fraction of sp³-hybridized carbons (Fsp3) is 0.231. The summed E-state index contributed by atoms with van der Waals surface area (Å²) in [6.07, 6.45) is 0. The Morgan fingerprint density at radius 2 is 2.26 bits per heavy atom. The molecule has 2 aromatic heterocycles. The van der Waals surface area contributed by atoms with E-state index in [-0.39, 0.29) is 5.69 Å². The third kappa shape index (κ3) is 3.03. The second kappa shape index (κ2) is 5.71. The Hall–Kier alpha value is -2.08. The highest BCUT2D eigenvalue weighted by Crippen LogP contribution is 2.23. The highest BCUT2D eigenvalue weighted by atomic mass is 32.1. The van der Waals surface area contributed by atoms with E-state index in [1.54, 1.807) is 17.4 Å². The summed E-state index contributed by atoms with van der Waals surface area (Å²) in [6, 6.07) is 7.02. The molecule has 0 fully saturated rings. The maximum atomic E-state index is 11.0. The van der Waals surface area contributed by atoms with Gasteiger partial charge in [-0.25, -0.2) is 9.78 Å². The molecule has 0 aromatic carbocycles. The van der Waals surface area contributed by atoms with E-state index in [1.165, 1.54) is 10.9 Å². The lowest BCUT2D eigenvalue weighted by Gasteiger charge is -2.22. The van der Waals surface area contributed by atoms with E-state index < -0.39 is 5.97 Å². The topological polar surface area (TPSA) is 79.5 Å². The van der Waals surface area contributed by atoms with Crippen LogP contribution in [0.25, 0.3) is 0 Å². The third-order valence-electron chi connectivity index (χ3n) is 2.73. The molecule has 0 aliphatic heterocycles. The van der Waals surface area contributed by atoms with Crippen LogP contribution in [0.3, 0.4) is 0 Å². The number of hydrogen-bond acceptors (Lipinski definition) is 5. The minimum Gasteiger partial charge on any atom is -0.477 e. The summed E-state index contributed by atoms with van der Waals surface area (Å²) in [5.41, 5.74) is 6.40. The van der Waals surface area contributed by atoms with Gasteiger partial charge in [-0.1, -0.05) is 6.07 Å². The number of anilines is 2. The number of aromatic carboxylic acids is 1. The van der Waals surface area contributed by atoms with Gasteiger partial charge in [0.1, 0.15) is 0 Å². The number of carbonyl (C=O) groups is 1. The minimum absolute atomic E-state index is 0.00818. The highest BCUT2D eigenvalue weighted by Gasteiger charge is 2.14. The van der Waals surface area contributed by atoms with Crippen LogP contribution in [-0.4, -0.2) is 22.6 Å². The van der Waals surface area contributed by atoms with Gasteiger partial charge in [-0.3, -0.25) is 0 Å². The van der Waals surface area contributed by atoms with E-state index in [0.717, 1.165) is 0 Å². The Morgan fingerprint density at radius 3 is 2.84 bits per heavy atom. The van der Waals surface area contributed by atoms with Gasteiger partial charge in [0.05, 0.1) is 12.2 Å². The highest BCUT2D eigenvalue weighted by molar-refractivity contribution is 7.09. The first-order valence-electron chi connectivity index (χ1n) is 5.89. The normalized spacial score (nSPS) is 10.4. The first-order chi connectivity index (χ1) is 9.11. The number of aromatic nitrogens is 1. The van der Waals surface area contributed by atoms with E-state index in [0.29, 0.717) is 24.6 Å². The molecule has 0 unspecified atom stereocenters. The molecular formula is C13H15N3O2S. The van der Waals surface area contributed by atoms with Crippen molar-refractivity contribution in [3.05, 3.63) is 40.2 Å². The zero-order valence-corrected chi connectivity index (χ0v) is 11.4. The third-order valence-corrected chi connectivity index (χ3v) is 3.59. The summed E-state index contributed by atoms with van der Waals surface area (Å²) in [6.45, 7) is 3.37. The summed E-state index contributed by atoms with van der Waals surface area (Å²) < 4.78 is 0. The van der Waals surface area contributed by atoms with Crippen molar-refractivity contribution in [2.75, 3.05) is 17.2 Å². The number of pyridine rings is 1. The first-order valence-corrected chi connectivity index (χ1v) is 6.77. The summed E-state index contributed by atoms with van der Waals surface area (Å²) >= 11 is 1.65. The van der Waals surface area contributed by atoms with E-state index in [9.17, 15) is 4.79 Å². The predicted octanol–water partition coefficient (Wildman–Crippen LogP) is 2.45. The number of hydrogen-bond donors (Lipinski definition) is 2. The van der Waals surface area contributed by atoms with Crippen LogP contribution in [0.15, 0.2) is 29.6 Å². The minimum atomic E-state index is -1.05. The van der Waals surface area contributed by atoms with Crippen molar-refractivity contribution in [2.45, 2.75) is 13.5 Å².